The lowest BCUT2D eigenvalue weighted by Crippen LogP contribution is -2.39. The number of nitrogens with one attached hydrogen (secondary N) is 2. The number of ether oxygens (including phenoxy) is 1. The van der Waals surface area contributed by atoms with Gasteiger partial charge in [0.1, 0.15) is 5.75 Å². The summed E-state index contributed by atoms with van der Waals surface area (Å²) in [5.74, 6) is 5.08. The third-order valence-electron chi connectivity index (χ3n) is 3.65. The number of nitrogen functional groups attached to an aromatic ring is 1. The van der Waals surface area contributed by atoms with Crippen LogP contribution >= 0.6 is 15.9 Å². The summed E-state index contributed by atoms with van der Waals surface area (Å²) in [6.07, 6.45) is 5.67. The molecular weight excluding hydrogens is 350 g/mol. The molecule has 1 saturated carbocycles. The molecule has 0 aromatic heterocycles. The topological polar surface area (TPSA) is 93.4 Å². The smallest absolute Gasteiger partial charge is 0.265 e. The van der Waals surface area contributed by atoms with Gasteiger partial charge in [0.25, 0.3) is 11.8 Å². The quantitative estimate of drug-likeness (QED) is 0.419. The molecule has 1 aliphatic rings. The van der Waals surface area contributed by atoms with Crippen LogP contribution in [0, 0.1) is 0 Å². The SMILES string of the molecule is NNC(=O)c1ccc(OCC(=O)NC2CCCCC2)c(Br)c1. The number of rotatable bonds is 5. The van der Waals surface area contributed by atoms with Gasteiger partial charge in [-0.1, -0.05) is 19.3 Å². The first-order valence-corrected chi connectivity index (χ1v) is 8.12. The summed E-state index contributed by atoms with van der Waals surface area (Å²) in [5.41, 5.74) is 2.47. The summed E-state index contributed by atoms with van der Waals surface area (Å²) in [5, 5.41) is 2.99. The fraction of sp³-hybridized carbons (Fsp3) is 0.467. The molecule has 0 atom stereocenters. The number of amides is 2. The molecule has 0 bridgehead atoms. The van der Waals surface area contributed by atoms with E-state index in [-0.39, 0.29) is 24.5 Å². The van der Waals surface area contributed by atoms with Crippen molar-refractivity contribution < 1.29 is 14.3 Å². The Balaban J connectivity index is 1.85. The fourth-order valence-corrected chi connectivity index (χ4v) is 3.00. The van der Waals surface area contributed by atoms with E-state index in [9.17, 15) is 9.59 Å². The van der Waals surface area contributed by atoms with E-state index < -0.39 is 0 Å². The largest absolute Gasteiger partial charge is 0.483 e. The summed E-state index contributed by atoms with van der Waals surface area (Å²) in [7, 11) is 0. The van der Waals surface area contributed by atoms with Gasteiger partial charge in [0.2, 0.25) is 0 Å². The second-order valence-electron chi connectivity index (χ2n) is 5.31. The first-order chi connectivity index (χ1) is 10.6. The van der Waals surface area contributed by atoms with E-state index in [1.165, 1.54) is 19.3 Å². The van der Waals surface area contributed by atoms with Crippen LogP contribution < -0.4 is 21.3 Å². The Kier molecular flexibility index (Phi) is 6.21. The van der Waals surface area contributed by atoms with Gasteiger partial charge in [-0.15, -0.1) is 0 Å². The van der Waals surface area contributed by atoms with Crippen molar-refractivity contribution >= 4 is 27.7 Å². The summed E-state index contributed by atoms with van der Waals surface area (Å²) in [6, 6.07) is 5.07. The average Bonchev–Trinajstić information content (AvgIpc) is 2.53. The van der Waals surface area contributed by atoms with Gasteiger partial charge >= 0.3 is 0 Å². The molecule has 7 heteroatoms. The van der Waals surface area contributed by atoms with Crippen LogP contribution in [0.3, 0.4) is 0 Å². The zero-order valence-corrected chi connectivity index (χ0v) is 13.8. The minimum Gasteiger partial charge on any atom is -0.483 e. The zero-order chi connectivity index (χ0) is 15.9. The van der Waals surface area contributed by atoms with Gasteiger partial charge in [0.05, 0.1) is 4.47 Å². The van der Waals surface area contributed by atoms with Crippen molar-refractivity contribution in [2.45, 2.75) is 38.1 Å². The molecule has 0 saturated heterocycles. The molecule has 0 aliphatic heterocycles. The van der Waals surface area contributed by atoms with E-state index in [2.05, 4.69) is 26.7 Å². The minimum absolute atomic E-state index is 0.0441. The first-order valence-electron chi connectivity index (χ1n) is 7.33. The van der Waals surface area contributed by atoms with Gasteiger partial charge in [0.15, 0.2) is 6.61 Å². The molecular formula is C15H20BrN3O3. The number of carbonyl (C=O) groups excluding carboxylic acids is 2. The van der Waals surface area contributed by atoms with E-state index >= 15 is 0 Å². The highest BCUT2D eigenvalue weighted by atomic mass is 79.9. The monoisotopic (exact) mass is 369 g/mol. The number of hydrogen-bond donors (Lipinski definition) is 3. The number of nitrogens with two attached hydrogens (primary N) is 1. The molecule has 1 fully saturated rings. The summed E-state index contributed by atoms with van der Waals surface area (Å²) in [6.45, 7) is -0.0441. The van der Waals surface area contributed by atoms with E-state index in [0.29, 0.717) is 15.8 Å². The highest BCUT2D eigenvalue weighted by Gasteiger charge is 2.16. The number of carbonyl (C=O) groups is 2. The van der Waals surface area contributed by atoms with E-state index in [1.54, 1.807) is 18.2 Å². The van der Waals surface area contributed by atoms with Crippen molar-refractivity contribution in [1.82, 2.24) is 10.7 Å². The Morgan fingerprint density at radius 3 is 2.64 bits per heavy atom. The van der Waals surface area contributed by atoms with Crippen molar-refractivity contribution in [3.8, 4) is 5.75 Å². The predicted molar refractivity (Wildman–Crippen MR) is 86.3 cm³/mol. The second-order valence-corrected chi connectivity index (χ2v) is 6.16. The van der Waals surface area contributed by atoms with Crippen molar-refractivity contribution in [3.63, 3.8) is 0 Å². The maximum Gasteiger partial charge on any atom is 0.265 e. The molecule has 1 aromatic carbocycles. The maximum atomic E-state index is 11.9. The maximum absolute atomic E-state index is 11.9. The Bertz CT molecular complexity index is 545. The molecule has 0 spiro atoms. The lowest BCUT2D eigenvalue weighted by Gasteiger charge is -2.22. The van der Waals surface area contributed by atoms with Crippen LogP contribution in [0.5, 0.6) is 5.75 Å². The predicted octanol–water partition coefficient (Wildman–Crippen LogP) is 1.88. The number of hydrogen-bond acceptors (Lipinski definition) is 4. The molecule has 22 heavy (non-hydrogen) atoms. The fourth-order valence-electron chi connectivity index (χ4n) is 2.50. The van der Waals surface area contributed by atoms with Gasteiger partial charge < -0.3 is 10.1 Å². The lowest BCUT2D eigenvalue weighted by molar-refractivity contribution is -0.124. The van der Waals surface area contributed by atoms with Crippen LogP contribution in [0.15, 0.2) is 22.7 Å². The summed E-state index contributed by atoms with van der Waals surface area (Å²) < 4.78 is 6.08. The molecule has 120 valence electrons. The van der Waals surface area contributed by atoms with E-state index in [1.807, 2.05) is 0 Å². The Labute approximate surface area is 137 Å². The highest BCUT2D eigenvalue weighted by molar-refractivity contribution is 9.10. The van der Waals surface area contributed by atoms with Crippen molar-refractivity contribution in [2.24, 2.45) is 5.84 Å². The third-order valence-corrected chi connectivity index (χ3v) is 4.27. The van der Waals surface area contributed by atoms with Gasteiger partial charge in [-0.3, -0.25) is 15.0 Å². The molecule has 0 radical (unpaired) electrons. The molecule has 2 amide bonds. The molecule has 1 aromatic rings. The molecule has 2 rings (SSSR count). The highest BCUT2D eigenvalue weighted by Crippen LogP contribution is 2.26. The normalized spacial score (nSPS) is 15.2. The lowest BCUT2D eigenvalue weighted by atomic mass is 9.95. The van der Waals surface area contributed by atoms with Gasteiger partial charge in [-0.2, -0.15) is 0 Å². The minimum atomic E-state index is -0.387. The Morgan fingerprint density at radius 2 is 2.00 bits per heavy atom. The first kappa shape index (κ1) is 16.8. The van der Waals surface area contributed by atoms with Crippen LogP contribution in [0.1, 0.15) is 42.5 Å². The number of benzene rings is 1. The Morgan fingerprint density at radius 1 is 1.27 bits per heavy atom. The molecule has 4 N–H and O–H groups in total. The van der Waals surface area contributed by atoms with Crippen molar-refractivity contribution in [2.75, 3.05) is 6.61 Å². The van der Waals surface area contributed by atoms with E-state index in [4.69, 9.17) is 10.6 Å². The van der Waals surface area contributed by atoms with Crippen LogP contribution in [-0.4, -0.2) is 24.5 Å². The second kappa shape index (κ2) is 8.14. The molecule has 1 aliphatic carbocycles. The molecule has 0 heterocycles. The summed E-state index contributed by atoms with van der Waals surface area (Å²) >= 11 is 3.32. The molecule has 6 nitrogen and oxygen atoms in total. The van der Waals surface area contributed by atoms with Gasteiger partial charge in [0, 0.05) is 11.6 Å². The standard InChI is InChI=1S/C15H20BrN3O3/c16-12-8-10(15(21)19-17)6-7-13(12)22-9-14(20)18-11-4-2-1-3-5-11/h6-8,11H,1-5,9,17H2,(H,18,20)(H,19,21). The van der Waals surface area contributed by atoms with Crippen LogP contribution in [0.25, 0.3) is 0 Å². The van der Waals surface area contributed by atoms with Gasteiger partial charge in [-0.25, -0.2) is 5.84 Å². The number of hydrazine groups is 1. The average molecular weight is 370 g/mol. The van der Waals surface area contributed by atoms with Crippen molar-refractivity contribution in [1.29, 1.82) is 0 Å². The van der Waals surface area contributed by atoms with Gasteiger partial charge in [-0.05, 0) is 47.0 Å². The molecule has 0 unspecified atom stereocenters. The van der Waals surface area contributed by atoms with Crippen LogP contribution in [-0.2, 0) is 4.79 Å². The third kappa shape index (κ3) is 4.71. The Hall–Kier alpha value is -1.60. The number of halogens is 1. The van der Waals surface area contributed by atoms with Crippen molar-refractivity contribution in [3.05, 3.63) is 28.2 Å². The zero-order valence-electron chi connectivity index (χ0n) is 12.2. The van der Waals surface area contributed by atoms with Crippen LogP contribution in [0.2, 0.25) is 0 Å². The van der Waals surface area contributed by atoms with E-state index in [0.717, 1.165) is 12.8 Å². The van der Waals surface area contributed by atoms with Crippen LogP contribution in [0.4, 0.5) is 0 Å². The summed E-state index contributed by atoms with van der Waals surface area (Å²) in [4.78, 5) is 23.3.